The number of carbonyl (C=O) groups is 2. The Bertz CT molecular complexity index is 875. The molecule has 0 bridgehead atoms. The summed E-state index contributed by atoms with van der Waals surface area (Å²) in [7, 11) is 0. The summed E-state index contributed by atoms with van der Waals surface area (Å²) < 4.78 is 5.16. The molecule has 2 rings (SSSR count). The van der Waals surface area contributed by atoms with Gasteiger partial charge in [-0.3, -0.25) is 40.9 Å². The average molecular weight is 389 g/mol. The molecular weight excluding hydrogens is 374 g/mol. The Morgan fingerprint density at radius 2 is 1.85 bits per heavy atom. The zero-order valence-electron chi connectivity index (χ0n) is 14.1. The van der Waals surface area contributed by atoms with Crippen LogP contribution in [0.4, 0.5) is 5.69 Å². The van der Waals surface area contributed by atoms with E-state index >= 15 is 0 Å². The van der Waals surface area contributed by atoms with Crippen LogP contribution in [0.5, 0.6) is 5.75 Å². The van der Waals surface area contributed by atoms with Crippen molar-refractivity contribution in [1.82, 2.24) is 21.2 Å². The van der Waals surface area contributed by atoms with Crippen molar-refractivity contribution >= 4 is 34.8 Å². The van der Waals surface area contributed by atoms with E-state index in [9.17, 15) is 19.7 Å². The predicted octanol–water partition coefficient (Wildman–Crippen LogP) is 1.34. The molecule has 0 saturated carbocycles. The molecule has 2 amide bonds. The molecule has 0 atom stereocenters. The number of carbonyl (C=O) groups excluding carboxylic acids is 2. The van der Waals surface area contributed by atoms with Crippen LogP contribution in [0.25, 0.3) is 0 Å². The monoisotopic (exact) mass is 389 g/mol. The van der Waals surface area contributed by atoms with Gasteiger partial charge in [0.2, 0.25) is 0 Å². The lowest BCUT2D eigenvalue weighted by atomic mass is 10.1. The Kier molecular flexibility index (Phi) is 6.72. The van der Waals surface area contributed by atoms with Crippen molar-refractivity contribution in [3.05, 3.63) is 64.0 Å². The SMILES string of the molecule is CCOc1ccc(C(=O)NC(=S)NNC(=O)c2ccncc2)cc1[N+](=O)[O-]. The second-order valence-electron chi connectivity index (χ2n) is 4.97. The third-order valence-corrected chi connectivity index (χ3v) is 3.38. The zero-order chi connectivity index (χ0) is 19.8. The molecule has 0 aliphatic rings. The number of nitrogens with zero attached hydrogens (tertiary/aromatic N) is 2. The van der Waals surface area contributed by atoms with Gasteiger partial charge in [0, 0.05) is 29.6 Å². The van der Waals surface area contributed by atoms with Gasteiger partial charge in [-0.2, -0.15) is 0 Å². The number of nitro groups is 1. The van der Waals surface area contributed by atoms with Gasteiger partial charge < -0.3 is 4.74 Å². The molecule has 140 valence electrons. The number of nitrogens with one attached hydrogen (secondary N) is 3. The van der Waals surface area contributed by atoms with Gasteiger partial charge in [-0.1, -0.05) is 0 Å². The Labute approximate surface area is 159 Å². The summed E-state index contributed by atoms with van der Waals surface area (Å²) in [6.45, 7) is 1.94. The van der Waals surface area contributed by atoms with Crippen LogP contribution < -0.4 is 20.9 Å². The van der Waals surface area contributed by atoms with E-state index in [1.54, 1.807) is 6.92 Å². The van der Waals surface area contributed by atoms with Gasteiger partial charge in [0.1, 0.15) is 0 Å². The van der Waals surface area contributed by atoms with Crippen molar-refractivity contribution in [1.29, 1.82) is 0 Å². The van der Waals surface area contributed by atoms with Crippen molar-refractivity contribution in [2.45, 2.75) is 6.92 Å². The van der Waals surface area contributed by atoms with Crippen LogP contribution in [0.1, 0.15) is 27.6 Å². The van der Waals surface area contributed by atoms with Gasteiger partial charge in [0.05, 0.1) is 11.5 Å². The lowest BCUT2D eigenvalue weighted by Gasteiger charge is -2.11. The van der Waals surface area contributed by atoms with Crippen molar-refractivity contribution in [2.75, 3.05) is 6.61 Å². The lowest BCUT2D eigenvalue weighted by Crippen LogP contribution is -2.48. The summed E-state index contributed by atoms with van der Waals surface area (Å²) >= 11 is 4.92. The van der Waals surface area contributed by atoms with E-state index in [1.165, 1.54) is 36.7 Å². The van der Waals surface area contributed by atoms with Gasteiger partial charge in [-0.15, -0.1) is 0 Å². The number of pyridine rings is 1. The first-order chi connectivity index (χ1) is 12.9. The molecule has 10 nitrogen and oxygen atoms in total. The van der Waals surface area contributed by atoms with Gasteiger partial charge >= 0.3 is 5.69 Å². The molecule has 0 radical (unpaired) electrons. The minimum absolute atomic E-state index is 0.00904. The fraction of sp³-hybridized carbons (Fsp3) is 0.125. The minimum Gasteiger partial charge on any atom is -0.487 e. The number of hydrogen-bond acceptors (Lipinski definition) is 7. The number of aromatic nitrogens is 1. The normalized spacial score (nSPS) is 9.81. The molecule has 0 aliphatic heterocycles. The number of nitro benzene ring substituents is 1. The van der Waals surface area contributed by atoms with Crippen molar-refractivity contribution in [3.63, 3.8) is 0 Å². The highest BCUT2D eigenvalue weighted by atomic mass is 32.1. The topological polar surface area (TPSA) is 135 Å². The molecule has 0 unspecified atom stereocenters. The number of hydrazine groups is 1. The maximum atomic E-state index is 12.2. The zero-order valence-corrected chi connectivity index (χ0v) is 14.9. The van der Waals surface area contributed by atoms with E-state index in [-0.39, 0.29) is 28.7 Å². The largest absolute Gasteiger partial charge is 0.487 e. The van der Waals surface area contributed by atoms with Crippen molar-refractivity contribution in [2.24, 2.45) is 0 Å². The fourth-order valence-electron chi connectivity index (χ4n) is 1.97. The van der Waals surface area contributed by atoms with Gasteiger partial charge in [0.15, 0.2) is 10.9 Å². The van der Waals surface area contributed by atoms with Crippen molar-refractivity contribution < 1.29 is 19.2 Å². The summed E-state index contributed by atoms with van der Waals surface area (Å²) in [6, 6.07) is 6.78. The van der Waals surface area contributed by atoms with E-state index in [0.717, 1.165) is 6.07 Å². The first kappa shape index (κ1) is 19.7. The molecule has 0 aliphatic carbocycles. The van der Waals surface area contributed by atoms with E-state index in [1.807, 2.05) is 0 Å². The summed E-state index contributed by atoms with van der Waals surface area (Å²) in [4.78, 5) is 38.3. The van der Waals surface area contributed by atoms with E-state index < -0.39 is 16.7 Å². The summed E-state index contributed by atoms with van der Waals surface area (Å²) in [5.41, 5.74) is 4.69. The first-order valence-electron chi connectivity index (χ1n) is 7.65. The van der Waals surface area contributed by atoms with Crippen molar-refractivity contribution in [3.8, 4) is 5.75 Å². The van der Waals surface area contributed by atoms with Crippen LogP contribution in [0.15, 0.2) is 42.7 Å². The van der Waals surface area contributed by atoms with Crippen LogP contribution in [-0.2, 0) is 0 Å². The van der Waals surface area contributed by atoms with E-state index in [4.69, 9.17) is 17.0 Å². The Morgan fingerprint density at radius 3 is 2.48 bits per heavy atom. The van der Waals surface area contributed by atoms with Gasteiger partial charge in [-0.05, 0) is 43.4 Å². The number of amides is 2. The molecule has 11 heteroatoms. The third kappa shape index (κ3) is 5.44. The minimum atomic E-state index is -0.684. The van der Waals surface area contributed by atoms with Crippen LogP contribution in [0.2, 0.25) is 0 Å². The molecule has 0 spiro atoms. The summed E-state index contributed by atoms with van der Waals surface area (Å²) in [6.07, 6.45) is 2.90. The maximum Gasteiger partial charge on any atom is 0.311 e. The third-order valence-electron chi connectivity index (χ3n) is 3.18. The first-order valence-corrected chi connectivity index (χ1v) is 8.06. The molecule has 2 aromatic rings. The molecule has 1 heterocycles. The maximum absolute atomic E-state index is 12.2. The number of benzene rings is 1. The molecule has 0 fully saturated rings. The average Bonchev–Trinajstić information content (AvgIpc) is 2.67. The highest BCUT2D eigenvalue weighted by Gasteiger charge is 2.19. The smallest absolute Gasteiger partial charge is 0.311 e. The standard InChI is InChI=1S/C16H15N5O5S/c1-2-26-13-4-3-11(9-12(13)21(24)25)14(22)18-16(27)20-19-15(23)10-5-7-17-8-6-10/h3-9H,2H2,1H3,(H,19,23)(H2,18,20,22,27). The molecule has 27 heavy (non-hydrogen) atoms. The van der Waals surface area contributed by atoms with Crippen LogP contribution in [0, 0.1) is 10.1 Å². The summed E-state index contributed by atoms with van der Waals surface area (Å²) in [5.74, 6) is -1.10. The second-order valence-corrected chi connectivity index (χ2v) is 5.38. The lowest BCUT2D eigenvalue weighted by molar-refractivity contribution is -0.385. The number of ether oxygens (including phenoxy) is 1. The van der Waals surface area contributed by atoms with E-state index in [2.05, 4.69) is 21.2 Å². The molecule has 1 aromatic heterocycles. The predicted molar refractivity (Wildman–Crippen MR) is 99.2 cm³/mol. The Morgan fingerprint density at radius 1 is 1.15 bits per heavy atom. The summed E-state index contributed by atoms with van der Waals surface area (Å²) in [5, 5.41) is 13.2. The highest BCUT2D eigenvalue weighted by Crippen LogP contribution is 2.27. The van der Waals surface area contributed by atoms with Gasteiger partial charge in [0.25, 0.3) is 11.8 Å². The fourth-order valence-corrected chi connectivity index (χ4v) is 2.12. The highest BCUT2D eigenvalue weighted by molar-refractivity contribution is 7.80. The number of hydrogen-bond donors (Lipinski definition) is 3. The van der Waals surface area contributed by atoms with Gasteiger partial charge in [-0.25, -0.2) is 0 Å². The van der Waals surface area contributed by atoms with E-state index in [0.29, 0.717) is 5.56 Å². The Balaban J connectivity index is 1.98. The molecular formula is C16H15N5O5S. The molecule has 3 N–H and O–H groups in total. The number of thiocarbonyl (C=S) groups is 1. The second kappa shape index (κ2) is 9.20. The van der Waals surface area contributed by atoms with Crippen LogP contribution in [-0.4, -0.2) is 33.4 Å². The quantitative estimate of drug-likeness (QED) is 0.396. The number of rotatable bonds is 5. The molecule has 0 saturated heterocycles. The van der Waals surface area contributed by atoms with Crippen LogP contribution >= 0.6 is 12.2 Å². The molecule has 1 aromatic carbocycles. The Hall–Kier alpha value is -3.60. The van der Waals surface area contributed by atoms with Crippen LogP contribution in [0.3, 0.4) is 0 Å².